The molecule has 0 fully saturated rings. The lowest BCUT2D eigenvalue weighted by molar-refractivity contribution is -0.149. The number of carboxylic acids is 1. The van der Waals surface area contributed by atoms with Gasteiger partial charge in [-0.25, -0.2) is 9.59 Å². The van der Waals surface area contributed by atoms with E-state index in [9.17, 15) is 14.7 Å². The maximum Gasteiger partial charge on any atom is 0.333 e. The van der Waals surface area contributed by atoms with Gasteiger partial charge in [-0.15, -0.1) is 0 Å². The minimum Gasteiger partial charge on any atom is -0.492 e. The van der Waals surface area contributed by atoms with Gasteiger partial charge in [0.1, 0.15) is 12.4 Å². The summed E-state index contributed by atoms with van der Waals surface area (Å²) in [6.07, 6.45) is 3.28. The van der Waals surface area contributed by atoms with Crippen molar-refractivity contribution in [2.75, 3.05) is 32.8 Å². The van der Waals surface area contributed by atoms with Gasteiger partial charge in [-0.1, -0.05) is 49.4 Å². The molecule has 1 unspecified atom stereocenters. The Kier molecular flexibility index (Phi) is 12.6. The molecule has 0 bridgehead atoms. The Hall–Kier alpha value is -3.06. The number of urea groups is 1. The Morgan fingerprint density at radius 1 is 0.971 bits per heavy atom. The van der Waals surface area contributed by atoms with Gasteiger partial charge in [0.2, 0.25) is 0 Å². The predicted molar refractivity (Wildman–Crippen MR) is 133 cm³/mol. The fourth-order valence-electron chi connectivity index (χ4n) is 3.56. The van der Waals surface area contributed by atoms with Gasteiger partial charge in [0.25, 0.3) is 0 Å². The first-order valence-corrected chi connectivity index (χ1v) is 12.2. The number of carboxylic acid groups (broad SMARTS) is 1. The minimum absolute atomic E-state index is 0.0591. The molecule has 0 aliphatic heterocycles. The van der Waals surface area contributed by atoms with Crippen LogP contribution < -0.4 is 10.1 Å². The fourth-order valence-corrected chi connectivity index (χ4v) is 3.56. The van der Waals surface area contributed by atoms with Crippen molar-refractivity contribution in [1.29, 1.82) is 0 Å². The Balaban J connectivity index is 1.81. The van der Waals surface area contributed by atoms with Gasteiger partial charge in [0.05, 0.1) is 6.54 Å². The molecule has 2 amide bonds. The number of amides is 2. The molecule has 2 aromatic carbocycles. The van der Waals surface area contributed by atoms with Crippen molar-refractivity contribution in [3.63, 3.8) is 0 Å². The molecule has 2 rings (SSSR count). The number of nitrogens with one attached hydrogen (secondary N) is 1. The summed E-state index contributed by atoms with van der Waals surface area (Å²) in [6, 6.07) is 17.6. The number of aryl methyl sites for hydroxylation is 1. The zero-order chi connectivity index (χ0) is 24.6. The number of unbranched alkanes of at least 4 members (excludes halogenated alkanes) is 1. The van der Waals surface area contributed by atoms with Crippen molar-refractivity contribution in [2.45, 2.75) is 52.1 Å². The smallest absolute Gasteiger partial charge is 0.333 e. The number of hydrogen-bond donors (Lipinski definition) is 2. The van der Waals surface area contributed by atoms with E-state index in [1.807, 2.05) is 54.3 Å². The van der Waals surface area contributed by atoms with Crippen LogP contribution in [0.2, 0.25) is 0 Å². The first-order chi connectivity index (χ1) is 16.5. The van der Waals surface area contributed by atoms with E-state index >= 15 is 0 Å². The van der Waals surface area contributed by atoms with Gasteiger partial charge in [-0.2, -0.15) is 0 Å². The Labute approximate surface area is 203 Å². The Morgan fingerprint density at radius 3 is 2.35 bits per heavy atom. The maximum absolute atomic E-state index is 12.6. The van der Waals surface area contributed by atoms with Gasteiger partial charge in [-0.3, -0.25) is 0 Å². The molecule has 34 heavy (non-hydrogen) atoms. The average molecular weight is 471 g/mol. The molecule has 186 valence electrons. The highest BCUT2D eigenvalue weighted by Gasteiger charge is 2.18. The molecule has 0 spiro atoms. The standard InChI is InChI=1S/C27H38N2O5/c1-3-17-28-27(32)29(18-9-8-12-22-10-6-5-7-11-22)19-20-34-24-15-13-23(14-16-24)21-25(26(30)31)33-4-2/h5-7,10-11,13-16,25H,3-4,8-9,12,17-21H2,1-2H3,(H,28,32)(H,30,31). The lowest BCUT2D eigenvalue weighted by Crippen LogP contribution is -2.42. The highest BCUT2D eigenvalue weighted by Crippen LogP contribution is 2.15. The molecule has 0 heterocycles. The quantitative estimate of drug-likeness (QED) is 0.352. The zero-order valence-electron chi connectivity index (χ0n) is 20.4. The first-order valence-electron chi connectivity index (χ1n) is 12.2. The number of ether oxygens (including phenoxy) is 2. The van der Waals surface area contributed by atoms with E-state index in [1.54, 1.807) is 6.92 Å². The van der Waals surface area contributed by atoms with Crippen molar-refractivity contribution in [1.82, 2.24) is 10.2 Å². The number of carbonyl (C=O) groups excluding carboxylic acids is 1. The van der Waals surface area contributed by atoms with E-state index in [1.165, 1.54) is 5.56 Å². The highest BCUT2D eigenvalue weighted by atomic mass is 16.5. The van der Waals surface area contributed by atoms with E-state index in [0.29, 0.717) is 45.0 Å². The van der Waals surface area contributed by atoms with Crippen molar-refractivity contribution in [3.05, 3.63) is 65.7 Å². The molecule has 0 radical (unpaired) electrons. The second-order valence-electron chi connectivity index (χ2n) is 8.14. The van der Waals surface area contributed by atoms with Crippen LogP contribution in [0.3, 0.4) is 0 Å². The van der Waals surface area contributed by atoms with Crippen LogP contribution in [-0.2, 0) is 22.4 Å². The van der Waals surface area contributed by atoms with Gasteiger partial charge >= 0.3 is 12.0 Å². The van der Waals surface area contributed by atoms with Crippen molar-refractivity contribution in [2.24, 2.45) is 0 Å². The van der Waals surface area contributed by atoms with E-state index in [-0.39, 0.29) is 6.03 Å². The molecule has 0 aliphatic rings. The number of nitrogens with zero attached hydrogens (tertiary/aromatic N) is 1. The van der Waals surface area contributed by atoms with E-state index in [4.69, 9.17) is 9.47 Å². The Bertz CT molecular complexity index is 842. The summed E-state index contributed by atoms with van der Waals surface area (Å²) in [5.74, 6) is -0.280. The zero-order valence-corrected chi connectivity index (χ0v) is 20.4. The molecule has 0 saturated heterocycles. The molecule has 2 aromatic rings. The molecule has 0 saturated carbocycles. The topological polar surface area (TPSA) is 88.1 Å². The van der Waals surface area contributed by atoms with E-state index < -0.39 is 12.1 Å². The van der Waals surface area contributed by atoms with Crippen LogP contribution in [0.5, 0.6) is 5.75 Å². The second-order valence-corrected chi connectivity index (χ2v) is 8.14. The van der Waals surface area contributed by atoms with Gasteiger partial charge in [0, 0.05) is 26.1 Å². The van der Waals surface area contributed by atoms with Crippen molar-refractivity contribution < 1.29 is 24.2 Å². The lowest BCUT2D eigenvalue weighted by atomic mass is 10.1. The van der Waals surface area contributed by atoms with Crippen LogP contribution in [0.15, 0.2) is 54.6 Å². The molecular formula is C27H38N2O5. The largest absolute Gasteiger partial charge is 0.492 e. The number of carbonyl (C=O) groups is 2. The molecule has 1 atom stereocenters. The average Bonchev–Trinajstić information content (AvgIpc) is 2.85. The summed E-state index contributed by atoms with van der Waals surface area (Å²) in [5.41, 5.74) is 2.18. The van der Waals surface area contributed by atoms with Crippen LogP contribution in [-0.4, -0.2) is 61.0 Å². The van der Waals surface area contributed by atoms with Gasteiger partial charge in [-0.05, 0) is 55.9 Å². The molecular weight excluding hydrogens is 432 g/mol. The molecule has 2 N–H and O–H groups in total. The predicted octanol–water partition coefficient (Wildman–Crippen LogP) is 4.54. The van der Waals surface area contributed by atoms with Gasteiger partial charge in [0.15, 0.2) is 6.10 Å². The summed E-state index contributed by atoms with van der Waals surface area (Å²) in [5, 5.41) is 12.2. The SMILES string of the molecule is CCCNC(=O)N(CCCCc1ccccc1)CCOc1ccc(CC(OCC)C(=O)O)cc1. The molecule has 0 aromatic heterocycles. The van der Waals surface area contributed by atoms with Crippen LogP contribution >= 0.6 is 0 Å². The highest BCUT2D eigenvalue weighted by molar-refractivity contribution is 5.74. The monoisotopic (exact) mass is 470 g/mol. The molecule has 7 nitrogen and oxygen atoms in total. The second kappa shape index (κ2) is 15.7. The summed E-state index contributed by atoms with van der Waals surface area (Å²) in [4.78, 5) is 25.6. The van der Waals surface area contributed by atoms with Gasteiger partial charge < -0.3 is 24.8 Å². The van der Waals surface area contributed by atoms with Crippen LogP contribution in [0, 0.1) is 0 Å². The number of aliphatic carboxylic acids is 1. The summed E-state index contributed by atoms with van der Waals surface area (Å²) >= 11 is 0. The molecule has 0 aliphatic carbocycles. The summed E-state index contributed by atoms with van der Waals surface area (Å²) < 4.78 is 11.1. The number of benzene rings is 2. The molecule has 7 heteroatoms. The maximum atomic E-state index is 12.6. The third-order valence-electron chi connectivity index (χ3n) is 5.42. The van der Waals surface area contributed by atoms with Crippen LogP contribution in [0.1, 0.15) is 44.2 Å². The summed E-state index contributed by atoms with van der Waals surface area (Å²) in [6.45, 7) is 6.38. The fraction of sp³-hybridized carbons (Fsp3) is 0.481. The lowest BCUT2D eigenvalue weighted by Gasteiger charge is -2.23. The summed E-state index contributed by atoms with van der Waals surface area (Å²) in [7, 11) is 0. The number of hydrogen-bond acceptors (Lipinski definition) is 4. The Morgan fingerprint density at radius 2 is 1.71 bits per heavy atom. The van der Waals surface area contributed by atoms with Crippen molar-refractivity contribution in [3.8, 4) is 5.75 Å². The van der Waals surface area contributed by atoms with E-state index in [2.05, 4.69) is 17.4 Å². The van der Waals surface area contributed by atoms with E-state index in [0.717, 1.165) is 31.2 Å². The normalized spacial score (nSPS) is 11.6. The first kappa shape index (κ1) is 27.2. The van der Waals surface area contributed by atoms with Crippen LogP contribution in [0.25, 0.3) is 0 Å². The van der Waals surface area contributed by atoms with Crippen molar-refractivity contribution >= 4 is 12.0 Å². The third kappa shape index (κ3) is 10.3. The minimum atomic E-state index is -0.965. The number of rotatable bonds is 16. The third-order valence-corrected chi connectivity index (χ3v) is 5.42. The van der Waals surface area contributed by atoms with Crippen LogP contribution in [0.4, 0.5) is 4.79 Å².